The first-order valence-corrected chi connectivity index (χ1v) is 13.7. The SMILES string of the molecule is COC(=O)[C@H](CCCCNS(=O)(=O)c1ccc2ccccc2c1)NS(=O)(=O)c1ccc(C)cc1. The molecule has 1 atom stereocenters. The van der Waals surface area contributed by atoms with Gasteiger partial charge in [0.05, 0.1) is 16.9 Å². The molecule has 0 saturated heterocycles. The Kier molecular flexibility index (Phi) is 8.42. The molecule has 0 saturated carbocycles. The molecule has 0 heterocycles. The van der Waals surface area contributed by atoms with E-state index in [4.69, 9.17) is 4.74 Å². The van der Waals surface area contributed by atoms with Gasteiger partial charge in [-0.3, -0.25) is 4.79 Å². The maximum absolute atomic E-state index is 12.6. The Balaban J connectivity index is 1.56. The number of fused-ring (bicyclic) bond motifs is 1. The minimum atomic E-state index is -3.91. The van der Waals surface area contributed by atoms with Crippen LogP contribution >= 0.6 is 0 Å². The van der Waals surface area contributed by atoms with Crippen LogP contribution < -0.4 is 9.44 Å². The number of rotatable bonds is 11. The highest BCUT2D eigenvalue weighted by Crippen LogP contribution is 2.19. The van der Waals surface area contributed by atoms with Gasteiger partial charge in [-0.05, 0) is 61.2 Å². The fourth-order valence-electron chi connectivity index (χ4n) is 3.44. The predicted octanol–water partition coefficient (Wildman–Crippen LogP) is 3.12. The van der Waals surface area contributed by atoms with Gasteiger partial charge < -0.3 is 4.74 Å². The minimum Gasteiger partial charge on any atom is -0.468 e. The summed E-state index contributed by atoms with van der Waals surface area (Å²) in [5, 5.41) is 1.77. The third-order valence-corrected chi connectivity index (χ3v) is 8.30. The van der Waals surface area contributed by atoms with Gasteiger partial charge in [-0.15, -0.1) is 0 Å². The number of benzene rings is 3. The van der Waals surface area contributed by atoms with Crippen molar-refractivity contribution in [2.45, 2.75) is 42.0 Å². The van der Waals surface area contributed by atoms with Crippen molar-refractivity contribution >= 4 is 36.8 Å². The third kappa shape index (κ3) is 6.63. The van der Waals surface area contributed by atoms with E-state index in [-0.39, 0.29) is 22.8 Å². The van der Waals surface area contributed by atoms with Crippen molar-refractivity contribution in [1.29, 1.82) is 0 Å². The highest BCUT2D eigenvalue weighted by atomic mass is 32.2. The number of aryl methyl sites for hydroxylation is 1. The lowest BCUT2D eigenvalue weighted by molar-refractivity contribution is -0.142. The number of methoxy groups -OCH3 is 1. The first-order valence-electron chi connectivity index (χ1n) is 10.8. The topological polar surface area (TPSA) is 119 Å². The standard InChI is InChI=1S/C24H28N2O6S2/c1-18-10-13-21(14-11-18)34(30,31)26-23(24(27)32-2)9-5-6-16-25-33(28,29)22-15-12-19-7-3-4-8-20(19)17-22/h3-4,7-8,10-15,17,23,25-26H,5-6,9,16H2,1-2H3/t23-/m0/s1. The van der Waals surface area contributed by atoms with Crippen molar-refractivity contribution in [3.8, 4) is 0 Å². The van der Waals surface area contributed by atoms with Gasteiger partial charge in [-0.25, -0.2) is 21.6 Å². The number of carbonyl (C=O) groups excluding carboxylic acids is 1. The fourth-order valence-corrected chi connectivity index (χ4v) is 5.77. The zero-order valence-corrected chi connectivity index (χ0v) is 20.7. The molecule has 2 N–H and O–H groups in total. The van der Waals surface area contributed by atoms with Crippen molar-refractivity contribution < 1.29 is 26.4 Å². The molecule has 0 spiro atoms. The van der Waals surface area contributed by atoms with Crippen molar-refractivity contribution in [1.82, 2.24) is 9.44 Å². The van der Waals surface area contributed by atoms with Gasteiger partial charge in [-0.1, -0.05) is 48.0 Å². The zero-order valence-electron chi connectivity index (χ0n) is 19.0. The molecule has 0 aromatic heterocycles. The summed E-state index contributed by atoms with van der Waals surface area (Å²) in [7, 11) is -6.42. The Bertz CT molecular complexity index is 1350. The van der Waals surface area contributed by atoms with Gasteiger partial charge in [-0.2, -0.15) is 4.72 Å². The van der Waals surface area contributed by atoms with Gasteiger partial charge in [0.15, 0.2) is 0 Å². The molecule has 0 aliphatic carbocycles. The second-order valence-electron chi connectivity index (χ2n) is 7.91. The molecule has 3 aromatic carbocycles. The van der Waals surface area contributed by atoms with E-state index in [1.807, 2.05) is 31.2 Å². The van der Waals surface area contributed by atoms with Crippen LogP contribution in [0.5, 0.6) is 0 Å². The van der Waals surface area contributed by atoms with E-state index in [0.717, 1.165) is 16.3 Å². The molecule has 0 fully saturated rings. The largest absolute Gasteiger partial charge is 0.468 e. The first-order chi connectivity index (χ1) is 16.1. The van der Waals surface area contributed by atoms with Crippen LogP contribution in [-0.2, 0) is 29.6 Å². The normalized spacial score (nSPS) is 13.0. The summed E-state index contributed by atoms with van der Waals surface area (Å²) in [6, 6.07) is 17.6. The van der Waals surface area contributed by atoms with Crippen molar-refractivity contribution in [3.63, 3.8) is 0 Å². The molecule has 10 heteroatoms. The van der Waals surface area contributed by atoms with Gasteiger partial charge >= 0.3 is 5.97 Å². The molecule has 8 nitrogen and oxygen atoms in total. The smallest absolute Gasteiger partial charge is 0.323 e. The maximum atomic E-state index is 12.6. The van der Waals surface area contributed by atoms with Crippen molar-refractivity contribution in [3.05, 3.63) is 72.3 Å². The van der Waals surface area contributed by atoms with E-state index >= 15 is 0 Å². The van der Waals surface area contributed by atoms with Crippen LogP contribution in [0.15, 0.2) is 76.5 Å². The molecule has 182 valence electrons. The van der Waals surface area contributed by atoms with Crippen molar-refractivity contribution in [2.24, 2.45) is 0 Å². The number of sulfonamides is 2. The second-order valence-corrected chi connectivity index (χ2v) is 11.4. The Morgan fingerprint density at radius 1 is 0.853 bits per heavy atom. The maximum Gasteiger partial charge on any atom is 0.323 e. The average Bonchev–Trinajstić information content (AvgIpc) is 2.82. The summed E-state index contributed by atoms with van der Waals surface area (Å²) in [4.78, 5) is 12.4. The van der Waals surface area contributed by atoms with Crippen LogP contribution in [-0.4, -0.2) is 42.5 Å². The summed E-state index contributed by atoms with van der Waals surface area (Å²) in [6.45, 7) is 1.99. The summed E-state index contributed by atoms with van der Waals surface area (Å²) in [5.41, 5.74) is 0.912. The number of esters is 1. The number of hydrogen-bond acceptors (Lipinski definition) is 6. The molecule has 0 radical (unpaired) electrons. The average molecular weight is 505 g/mol. The Labute approximate surface area is 200 Å². The molecule has 34 heavy (non-hydrogen) atoms. The van der Waals surface area contributed by atoms with E-state index in [0.29, 0.717) is 12.8 Å². The monoisotopic (exact) mass is 504 g/mol. The second kappa shape index (κ2) is 11.1. The van der Waals surface area contributed by atoms with Crippen LogP contribution in [0.25, 0.3) is 10.8 Å². The lowest BCUT2D eigenvalue weighted by Crippen LogP contribution is -2.41. The van der Waals surface area contributed by atoms with E-state index < -0.39 is 32.1 Å². The van der Waals surface area contributed by atoms with Crippen LogP contribution in [0.4, 0.5) is 0 Å². The summed E-state index contributed by atoms with van der Waals surface area (Å²) in [6.07, 6.45) is 0.971. The van der Waals surface area contributed by atoms with E-state index in [1.54, 1.807) is 30.3 Å². The molecule has 3 aromatic rings. The Hall–Kier alpha value is -2.79. The molecular formula is C24H28N2O6S2. The molecule has 0 unspecified atom stereocenters. The van der Waals surface area contributed by atoms with Crippen LogP contribution in [0, 0.1) is 6.92 Å². The molecule has 0 bridgehead atoms. The van der Waals surface area contributed by atoms with Gasteiger partial charge in [0.25, 0.3) is 0 Å². The zero-order chi connectivity index (χ0) is 24.8. The quantitative estimate of drug-likeness (QED) is 0.306. The lowest BCUT2D eigenvalue weighted by atomic mass is 10.1. The fraction of sp³-hybridized carbons (Fsp3) is 0.292. The van der Waals surface area contributed by atoms with E-state index in [2.05, 4.69) is 9.44 Å². The van der Waals surface area contributed by atoms with Gasteiger partial charge in [0.2, 0.25) is 20.0 Å². The van der Waals surface area contributed by atoms with Crippen LogP contribution in [0.3, 0.4) is 0 Å². The van der Waals surface area contributed by atoms with Crippen LogP contribution in [0.2, 0.25) is 0 Å². The number of nitrogens with one attached hydrogen (secondary N) is 2. The third-order valence-electron chi connectivity index (χ3n) is 5.36. The summed E-state index contributed by atoms with van der Waals surface area (Å²) < 4.78 is 60.2. The van der Waals surface area contributed by atoms with Gasteiger partial charge in [0.1, 0.15) is 6.04 Å². The Morgan fingerprint density at radius 2 is 1.50 bits per heavy atom. The summed E-state index contributed by atoms with van der Waals surface area (Å²) in [5.74, 6) is -0.701. The van der Waals surface area contributed by atoms with E-state index in [1.165, 1.54) is 19.2 Å². The summed E-state index contributed by atoms with van der Waals surface area (Å²) >= 11 is 0. The van der Waals surface area contributed by atoms with Crippen molar-refractivity contribution in [2.75, 3.05) is 13.7 Å². The lowest BCUT2D eigenvalue weighted by Gasteiger charge is -2.17. The number of carbonyl (C=O) groups is 1. The minimum absolute atomic E-state index is 0.0511. The predicted molar refractivity (Wildman–Crippen MR) is 130 cm³/mol. The molecule has 3 rings (SSSR count). The molecule has 0 aliphatic rings. The molecule has 0 amide bonds. The first kappa shape index (κ1) is 25.8. The number of ether oxygens (including phenoxy) is 1. The number of unbranched alkanes of at least 4 members (excludes halogenated alkanes) is 1. The van der Waals surface area contributed by atoms with E-state index in [9.17, 15) is 21.6 Å². The Morgan fingerprint density at radius 3 is 2.18 bits per heavy atom. The molecular weight excluding hydrogens is 476 g/mol. The van der Waals surface area contributed by atoms with Crippen LogP contribution in [0.1, 0.15) is 24.8 Å². The highest BCUT2D eigenvalue weighted by molar-refractivity contribution is 7.89. The highest BCUT2D eigenvalue weighted by Gasteiger charge is 2.26. The molecule has 0 aliphatic heterocycles. The van der Waals surface area contributed by atoms with Gasteiger partial charge in [0, 0.05) is 6.54 Å². The number of hydrogen-bond donors (Lipinski definition) is 2.